The smallest absolute Gasteiger partial charge is 0.294 e. The van der Waals surface area contributed by atoms with E-state index in [-0.39, 0.29) is 41.5 Å². The predicted octanol–water partition coefficient (Wildman–Crippen LogP) is 5.36. The standard InChI is InChI=1S/C29H30N2O6/c1-18-10-12-20(13-11-18)27(28(33)30-21-7-4-3-5-8-21)31(29(34)24-9-6-14-35-24)23-16-26-25(36-17-37-26)15-22(23)19(2)32/h6,9-16,21,27H,3-5,7-8,17H2,1-2H3,(H,30,33). The second kappa shape index (κ2) is 10.5. The number of hydrogen-bond acceptors (Lipinski definition) is 6. The first-order valence-electron chi connectivity index (χ1n) is 12.6. The monoisotopic (exact) mass is 502 g/mol. The number of furan rings is 1. The van der Waals surface area contributed by atoms with Gasteiger partial charge in [-0.25, -0.2) is 0 Å². The van der Waals surface area contributed by atoms with Gasteiger partial charge in [0.1, 0.15) is 6.04 Å². The summed E-state index contributed by atoms with van der Waals surface area (Å²) in [6.45, 7) is 3.38. The summed E-state index contributed by atoms with van der Waals surface area (Å²) in [5.74, 6) is -0.278. The number of rotatable bonds is 7. The number of Topliss-reactive ketones (excluding diaryl/α,β-unsaturated/α-hetero) is 1. The number of nitrogens with zero attached hydrogens (tertiary/aromatic N) is 1. The number of fused-ring (bicyclic) bond motifs is 1. The van der Waals surface area contributed by atoms with E-state index in [0.29, 0.717) is 17.1 Å². The fourth-order valence-electron chi connectivity index (χ4n) is 4.99. The summed E-state index contributed by atoms with van der Waals surface area (Å²) < 4.78 is 16.5. The molecule has 2 heterocycles. The van der Waals surface area contributed by atoms with Gasteiger partial charge in [0.2, 0.25) is 12.7 Å². The van der Waals surface area contributed by atoms with Crippen molar-refractivity contribution < 1.29 is 28.3 Å². The molecule has 3 aromatic rings. The van der Waals surface area contributed by atoms with Crippen LogP contribution in [0.2, 0.25) is 0 Å². The lowest BCUT2D eigenvalue weighted by Crippen LogP contribution is -2.47. The van der Waals surface area contributed by atoms with Gasteiger partial charge < -0.3 is 19.2 Å². The molecule has 1 aliphatic heterocycles. The van der Waals surface area contributed by atoms with E-state index < -0.39 is 11.9 Å². The molecule has 2 aromatic carbocycles. The fraction of sp³-hybridized carbons (Fsp3) is 0.345. The maximum atomic E-state index is 14.0. The van der Waals surface area contributed by atoms with Crippen LogP contribution in [0.25, 0.3) is 0 Å². The van der Waals surface area contributed by atoms with Crippen LogP contribution in [0.5, 0.6) is 11.5 Å². The molecule has 1 fully saturated rings. The fourth-order valence-corrected chi connectivity index (χ4v) is 4.99. The van der Waals surface area contributed by atoms with Crippen LogP contribution in [0.15, 0.2) is 59.2 Å². The molecule has 37 heavy (non-hydrogen) atoms. The number of amides is 2. The molecule has 0 radical (unpaired) electrons. The summed E-state index contributed by atoms with van der Waals surface area (Å²) in [6, 6.07) is 12.8. The van der Waals surface area contributed by atoms with Gasteiger partial charge in [-0.2, -0.15) is 0 Å². The first-order chi connectivity index (χ1) is 17.9. The Labute approximate surface area is 215 Å². The van der Waals surface area contributed by atoms with Crippen molar-refractivity contribution in [2.45, 2.75) is 58.0 Å². The Balaban J connectivity index is 1.67. The van der Waals surface area contributed by atoms with Gasteiger partial charge in [-0.05, 0) is 50.5 Å². The van der Waals surface area contributed by atoms with Gasteiger partial charge in [0, 0.05) is 17.7 Å². The highest BCUT2D eigenvalue weighted by Gasteiger charge is 2.38. The van der Waals surface area contributed by atoms with Crippen LogP contribution in [0, 0.1) is 6.92 Å². The Hall–Kier alpha value is -4.07. The zero-order chi connectivity index (χ0) is 25.9. The van der Waals surface area contributed by atoms with Crippen LogP contribution < -0.4 is 19.7 Å². The molecular weight excluding hydrogens is 472 g/mol. The number of ketones is 1. The summed E-state index contributed by atoms with van der Waals surface area (Å²) in [6.07, 6.45) is 6.43. The van der Waals surface area contributed by atoms with E-state index in [2.05, 4.69) is 5.32 Å². The Kier molecular flexibility index (Phi) is 6.99. The maximum absolute atomic E-state index is 14.0. The molecule has 1 atom stereocenters. The second-order valence-corrected chi connectivity index (χ2v) is 9.59. The summed E-state index contributed by atoms with van der Waals surface area (Å²) in [7, 11) is 0. The third kappa shape index (κ3) is 5.09. The molecule has 1 aliphatic carbocycles. The molecule has 2 aliphatic rings. The van der Waals surface area contributed by atoms with Gasteiger partial charge in [0.15, 0.2) is 23.0 Å². The lowest BCUT2D eigenvalue weighted by atomic mass is 9.94. The molecule has 8 heteroatoms. The lowest BCUT2D eigenvalue weighted by molar-refractivity contribution is -0.123. The number of hydrogen-bond donors (Lipinski definition) is 1. The highest BCUT2D eigenvalue weighted by Crippen LogP contribution is 2.42. The number of carbonyl (C=O) groups is 3. The molecule has 1 saturated carbocycles. The van der Waals surface area contributed by atoms with Crippen LogP contribution in [0.1, 0.15) is 77.1 Å². The SMILES string of the molecule is CC(=O)c1cc2c(cc1N(C(=O)c1ccco1)C(C(=O)NC1CCCCC1)c1ccc(C)cc1)OCO2. The summed E-state index contributed by atoms with van der Waals surface area (Å²) in [4.78, 5) is 42.2. The zero-order valence-electron chi connectivity index (χ0n) is 21.0. The third-order valence-corrected chi connectivity index (χ3v) is 6.93. The normalized spacial score (nSPS) is 15.7. The van der Waals surface area contributed by atoms with Crippen molar-refractivity contribution in [3.8, 4) is 11.5 Å². The molecule has 0 saturated heterocycles. The van der Waals surface area contributed by atoms with Gasteiger partial charge in [-0.3, -0.25) is 19.3 Å². The number of ether oxygens (including phenoxy) is 2. The highest BCUT2D eigenvalue weighted by molar-refractivity contribution is 6.13. The van der Waals surface area contributed by atoms with Gasteiger partial charge in [0.25, 0.3) is 5.91 Å². The molecule has 2 amide bonds. The Morgan fingerprint density at radius 2 is 1.68 bits per heavy atom. The molecular formula is C29H30N2O6. The minimum atomic E-state index is -1.06. The van der Waals surface area contributed by atoms with Crippen LogP contribution in [0.3, 0.4) is 0 Å². The largest absolute Gasteiger partial charge is 0.459 e. The number of carbonyl (C=O) groups excluding carboxylic acids is 3. The topological polar surface area (TPSA) is 98.1 Å². The molecule has 0 spiro atoms. The van der Waals surface area contributed by atoms with Crippen molar-refractivity contribution in [2.24, 2.45) is 0 Å². The van der Waals surface area contributed by atoms with Crippen molar-refractivity contribution in [1.82, 2.24) is 5.32 Å². The average molecular weight is 503 g/mol. The molecule has 5 rings (SSSR count). The van der Waals surface area contributed by atoms with Crippen LogP contribution in [-0.2, 0) is 4.79 Å². The second-order valence-electron chi connectivity index (χ2n) is 9.59. The van der Waals surface area contributed by atoms with Crippen LogP contribution in [0.4, 0.5) is 5.69 Å². The van der Waals surface area contributed by atoms with E-state index >= 15 is 0 Å². The zero-order valence-corrected chi connectivity index (χ0v) is 21.0. The van der Waals surface area contributed by atoms with E-state index in [0.717, 1.165) is 37.7 Å². The summed E-state index contributed by atoms with van der Waals surface area (Å²) >= 11 is 0. The van der Waals surface area contributed by atoms with Crippen LogP contribution in [-0.4, -0.2) is 30.4 Å². The van der Waals surface area contributed by atoms with Gasteiger partial charge in [-0.15, -0.1) is 0 Å². The summed E-state index contributed by atoms with van der Waals surface area (Å²) in [5.41, 5.74) is 2.13. The van der Waals surface area contributed by atoms with Gasteiger partial charge in [0.05, 0.1) is 12.0 Å². The van der Waals surface area contributed by atoms with Gasteiger partial charge in [-0.1, -0.05) is 49.1 Å². The number of nitrogens with one attached hydrogen (secondary N) is 1. The minimum Gasteiger partial charge on any atom is -0.459 e. The number of benzene rings is 2. The molecule has 1 aromatic heterocycles. The van der Waals surface area contributed by atoms with Crippen LogP contribution >= 0.6 is 0 Å². The van der Waals surface area contributed by atoms with E-state index in [9.17, 15) is 14.4 Å². The first-order valence-corrected chi connectivity index (χ1v) is 12.6. The molecule has 0 bridgehead atoms. The van der Waals surface area contributed by atoms with Crippen molar-refractivity contribution in [3.63, 3.8) is 0 Å². The first kappa shape index (κ1) is 24.6. The van der Waals surface area contributed by atoms with E-state index in [1.807, 2.05) is 31.2 Å². The molecule has 192 valence electrons. The van der Waals surface area contributed by atoms with E-state index in [1.165, 1.54) is 18.1 Å². The van der Waals surface area contributed by atoms with Crippen molar-refractivity contribution in [1.29, 1.82) is 0 Å². The Bertz CT molecular complexity index is 1290. The molecule has 1 unspecified atom stereocenters. The number of anilines is 1. The highest BCUT2D eigenvalue weighted by atomic mass is 16.7. The maximum Gasteiger partial charge on any atom is 0.294 e. The Morgan fingerprint density at radius 1 is 0.973 bits per heavy atom. The van der Waals surface area contributed by atoms with Crippen molar-refractivity contribution in [2.75, 3.05) is 11.7 Å². The lowest BCUT2D eigenvalue weighted by Gasteiger charge is -2.34. The Morgan fingerprint density at radius 3 is 2.32 bits per heavy atom. The quantitative estimate of drug-likeness (QED) is 0.437. The van der Waals surface area contributed by atoms with E-state index in [1.54, 1.807) is 24.3 Å². The predicted molar refractivity (Wildman–Crippen MR) is 137 cm³/mol. The minimum absolute atomic E-state index is 0.00577. The third-order valence-electron chi connectivity index (χ3n) is 6.93. The average Bonchev–Trinajstić information content (AvgIpc) is 3.59. The number of aryl methyl sites for hydroxylation is 1. The van der Waals surface area contributed by atoms with Crippen molar-refractivity contribution >= 4 is 23.3 Å². The summed E-state index contributed by atoms with van der Waals surface area (Å²) in [5, 5.41) is 3.18. The van der Waals surface area contributed by atoms with Gasteiger partial charge >= 0.3 is 0 Å². The van der Waals surface area contributed by atoms with Crippen molar-refractivity contribution in [3.05, 3.63) is 77.2 Å². The van der Waals surface area contributed by atoms with E-state index in [4.69, 9.17) is 13.9 Å². The molecule has 1 N–H and O–H groups in total. The molecule has 8 nitrogen and oxygen atoms in total.